The molecule has 0 nitrogen and oxygen atoms in total. The zero-order chi connectivity index (χ0) is 5.98. The fourth-order valence-electron chi connectivity index (χ4n) is 0.468. The zero-order valence-electron chi connectivity index (χ0n) is 4.07. The molecule has 0 aromatic heterocycles. The first kappa shape index (κ1) is 5.97. The van der Waals surface area contributed by atoms with Crippen LogP contribution in [0.3, 0.4) is 0 Å². The summed E-state index contributed by atoms with van der Waals surface area (Å²) in [5.74, 6) is 0. The Morgan fingerprint density at radius 2 is 2.38 bits per heavy atom. The minimum absolute atomic E-state index is 0.0764. The first-order valence-electron chi connectivity index (χ1n) is 2.23. The van der Waals surface area contributed by atoms with E-state index in [2.05, 4.69) is 5.73 Å². The second-order valence-corrected chi connectivity index (χ2v) is 2.41. The van der Waals surface area contributed by atoms with Gasteiger partial charge < -0.3 is 0 Å². The van der Waals surface area contributed by atoms with E-state index in [1.807, 2.05) is 0 Å². The highest BCUT2D eigenvalue weighted by molar-refractivity contribution is 6.32. The van der Waals surface area contributed by atoms with Gasteiger partial charge in [-0.25, -0.2) is 0 Å². The maximum Gasteiger partial charge on any atom is 0.0788 e. The first-order chi connectivity index (χ1) is 3.79. The van der Waals surface area contributed by atoms with Crippen LogP contribution in [0.1, 0.15) is 0 Å². The highest BCUT2D eigenvalue weighted by Crippen LogP contribution is 2.12. The lowest BCUT2D eigenvalue weighted by Gasteiger charge is -1.96. The topological polar surface area (TPSA) is 0 Å². The number of allylic oxidation sites excluding steroid dienone is 3. The molecule has 1 unspecified atom stereocenters. The van der Waals surface area contributed by atoms with Gasteiger partial charge in [-0.05, 0) is 18.2 Å². The summed E-state index contributed by atoms with van der Waals surface area (Å²) in [7, 11) is 0. The summed E-state index contributed by atoms with van der Waals surface area (Å²) in [5.41, 5.74) is 2.80. The third kappa shape index (κ3) is 1.41. The van der Waals surface area contributed by atoms with Gasteiger partial charge in [0.05, 0.1) is 5.38 Å². The minimum atomic E-state index is -0.0764. The van der Waals surface area contributed by atoms with E-state index in [-0.39, 0.29) is 5.38 Å². The van der Waals surface area contributed by atoms with Gasteiger partial charge in [-0.2, -0.15) is 0 Å². The van der Waals surface area contributed by atoms with Crippen molar-refractivity contribution in [3.8, 4) is 0 Å². The van der Waals surface area contributed by atoms with E-state index in [1.165, 1.54) is 0 Å². The van der Waals surface area contributed by atoms with Crippen molar-refractivity contribution < 1.29 is 0 Å². The molecule has 2 heteroatoms. The van der Waals surface area contributed by atoms with Crippen molar-refractivity contribution in [1.29, 1.82) is 0 Å². The molecule has 0 aromatic carbocycles. The standard InChI is InChI=1S/C6H4Cl2/c7-5-2-1-3-6(8)4-5/h2-5H. The lowest BCUT2D eigenvalue weighted by Crippen LogP contribution is -1.88. The molecule has 0 fully saturated rings. The number of halogens is 2. The molecule has 0 aromatic rings. The summed E-state index contributed by atoms with van der Waals surface area (Å²) in [4.78, 5) is 0. The Morgan fingerprint density at radius 3 is 2.75 bits per heavy atom. The SMILES string of the molecule is ClC1=CC(Cl)C=C=C1. The third-order valence-electron chi connectivity index (χ3n) is 0.795. The number of alkyl halides is 1. The molecule has 42 valence electrons. The van der Waals surface area contributed by atoms with Crippen molar-refractivity contribution in [2.24, 2.45) is 0 Å². The van der Waals surface area contributed by atoms with E-state index in [4.69, 9.17) is 23.2 Å². The normalized spacial score (nSPS) is 25.8. The van der Waals surface area contributed by atoms with Gasteiger partial charge in [0, 0.05) is 5.03 Å². The molecule has 0 saturated carbocycles. The minimum Gasteiger partial charge on any atom is -0.122 e. The van der Waals surface area contributed by atoms with Crippen LogP contribution in [0, 0.1) is 0 Å². The van der Waals surface area contributed by atoms with Gasteiger partial charge in [-0.3, -0.25) is 0 Å². The molecular formula is C6H4Cl2. The van der Waals surface area contributed by atoms with E-state index in [0.717, 1.165) is 0 Å². The Balaban J connectivity index is 2.86. The Labute approximate surface area is 58.1 Å². The molecule has 0 saturated heterocycles. The van der Waals surface area contributed by atoms with E-state index >= 15 is 0 Å². The van der Waals surface area contributed by atoms with Crippen LogP contribution in [0.5, 0.6) is 0 Å². The smallest absolute Gasteiger partial charge is 0.0788 e. The fraction of sp³-hybridized carbons (Fsp3) is 0.167. The Hall–Kier alpha value is -0.160. The van der Waals surface area contributed by atoms with E-state index in [9.17, 15) is 0 Å². The van der Waals surface area contributed by atoms with E-state index in [1.54, 1.807) is 18.2 Å². The molecule has 1 atom stereocenters. The summed E-state index contributed by atoms with van der Waals surface area (Å²) in [6, 6.07) is 0. The van der Waals surface area contributed by atoms with Crippen LogP contribution in [-0.2, 0) is 0 Å². The van der Waals surface area contributed by atoms with Gasteiger partial charge in [0.15, 0.2) is 0 Å². The van der Waals surface area contributed by atoms with Gasteiger partial charge in [0.1, 0.15) is 0 Å². The van der Waals surface area contributed by atoms with Gasteiger partial charge >= 0.3 is 0 Å². The molecule has 0 aliphatic heterocycles. The highest BCUT2D eigenvalue weighted by atomic mass is 35.5. The summed E-state index contributed by atoms with van der Waals surface area (Å²) < 4.78 is 0. The maximum atomic E-state index is 5.61. The number of hydrogen-bond donors (Lipinski definition) is 0. The monoisotopic (exact) mass is 146 g/mol. The Morgan fingerprint density at radius 1 is 1.62 bits per heavy atom. The van der Waals surface area contributed by atoms with Crippen LogP contribution in [0.15, 0.2) is 29.0 Å². The van der Waals surface area contributed by atoms with Gasteiger partial charge in [0.25, 0.3) is 0 Å². The van der Waals surface area contributed by atoms with Gasteiger partial charge in [-0.1, -0.05) is 11.6 Å². The lowest BCUT2D eigenvalue weighted by atomic mass is 10.3. The Bertz CT molecular complexity index is 173. The van der Waals surface area contributed by atoms with Crippen LogP contribution >= 0.6 is 23.2 Å². The summed E-state index contributed by atoms with van der Waals surface area (Å²) in [5, 5.41) is 0.583. The van der Waals surface area contributed by atoms with Crippen LogP contribution in [0.25, 0.3) is 0 Å². The second-order valence-electron chi connectivity index (χ2n) is 1.47. The van der Waals surface area contributed by atoms with Crippen molar-refractivity contribution >= 4 is 23.2 Å². The maximum absolute atomic E-state index is 5.61. The molecule has 8 heavy (non-hydrogen) atoms. The molecule has 0 bridgehead atoms. The van der Waals surface area contributed by atoms with Crippen molar-refractivity contribution in [2.75, 3.05) is 0 Å². The average Bonchev–Trinajstić information content (AvgIpc) is 1.64. The van der Waals surface area contributed by atoms with Gasteiger partial charge in [0.2, 0.25) is 0 Å². The van der Waals surface area contributed by atoms with Crippen molar-refractivity contribution in [2.45, 2.75) is 5.38 Å². The Kier molecular flexibility index (Phi) is 1.80. The molecule has 0 spiro atoms. The van der Waals surface area contributed by atoms with Crippen molar-refractivity contribution in [3.05, 3.63) is 29.0 Å². The van der Waals surface area contributed by atoms with Crippen molar-refractivity contribution in [3.63, 3.8) is 0 Å². The molecule has 1 aliphatic carbocycles. The molecule has 0 radical (unpaired) electrons. The highest BCUT2D eigenvalue weighted by Gasteiger charge is 1.97. The predicted octanol–water partition coefficient (Wildman–Crippen LogP) is 2.44. The molecule has 1 aliphatic rings. The number of rotatable bonds is 0. The average molecular weight is 147 g/mol. The van der Waals surface area contributed by atoms with Crippen molar-refractivity contribution in [1.82, 2.24) is 0 Å². The summed E-state index contributed by atoms with van der Waals surface area (Å²) in [6.45, 7) is 0. The van der Waals surface area contributed by atoms with E-state index in [0.29, 0.717) is 5.03 Å². The fourth-order valence-corrected chi connectivity index (χ4v) is 0.940. The first-order valence-corrected chi connectivity index (χ1v) is 3.04. The third-order valence-corrected chi connectivity index (χ3v) is 1.28. The zero-order valence-corrected chi connectivity index (χ0v) is 5.58. The molecule has 1 rings (SSSR count). The van der Waals surface area contributed by atoms with E-state index < -0.39 is 0 Å². The van der Waals surface area contributed by atoms with Crippen LogP contribution < -0.4 is 0 Å². The largest absolute Gasteiger partial charge is 0.122 e. The van der Waals surface area contributed by atoms with Crippen LogP contribution in [0.2, 0.25) is 0 Å². The number of hydrogen-bond acceptors (Lipinski definition) is 0. The molecular weight excluding hydrogens is 143 g/mol. The van der Waals surface area contributed by atoms with Crippen LogP contribution in [-0.4, -0.2) is 5.38 Å². The summed E-state index contributed by atoms with van der Waals surface area (Å²) in [6.07, 6.45) is 5.17. The molecule has 0 heterocycles. The molecule has 0 amide bonds. The second kappa shape index (κ2) is 2.41. The molecule has 0 N–H and O–H groups in total. The predicted molar refractivity (Wildman–Crippen MR) is 36.2 cm³/mol. The van der Waals surface area contributed by atoms with Crippen LogP contribution in [0.4, 0.5) is 0 Å². The summed E-state index contributed by atoms with van der Waals surface area (Å²) >= 11 is 11.2. The lowest BCUT2D eigenvalue weighted by molar-refractivity contribution is 1.37. The van der Waals surface area contributed by atoms with Gasteiger partial charge in [-0.15, -0.1) is 17.3 Å². The quantitative estimate of drug-likeness (QED) is 0.364.